The zero-order valence-electron chi connectivity index (χ0n) is 15.0. The summed E-state index contributed by atoms with van der Waals surface area (Å²) in [5, 5.41) is 6.33. The third kappa shape index (κ3) is 2.92. The molecule has 1 atom stereocenters. The van der Waals surface area contributed by atoms with Crippen molar-refractivity contribution in [2.75, 3.05) is 13.3 Å². The summed E-state index contributed by atoms with van der Waals surface area (Å²) in [5.41, 5.74) is 2.77. The van der Waals surface area contributed by atoms with Gasteiger partial charge >= 0.3 is 0 Å². The number of benzene rings is 2. The molecule has 0 spiro atoms. The summed E-state index contributed by atoms with van der Waals surface area (Å²) in [6, 6.07) is 17.7. The maximum atomic E-state index is 12.9. The van der Waals surface area contributed by atoms with Gasteiger partial charge in [-0.1, -0.05) is 30.3 Å². The van der Waals surface area contributed by atoms with Crippen LogP contribution in [0.25, 0.3) is 10.9 Å². The van der Waals surface area contributed by atoms with Crippen molar-refractivity contribution in [1.82, 2.24) is 10.3 Å². The molecule has 1 amide bonds. The second kappa shape index (κ2) is 7.05. The minimum atomic E-state index is -0.163. The second-order valence-electron chi connectivity index (χ2n) is 6.61. The van der Waals surface area contributed by atoms with Gasteiger partial charge in [0.1, 0.15) is 0 Å². The van der Waals surface area contributed by atoms with Gasteiger partial charge in [0.15, 0.2) is 11.5 Å². The van der Waals surface area contributed by atoms with Crippen LogP contribution in [0.15, 0.2) is 66.2 Å². The lowest BCUT2D eigenvalue weighted by atomic mass is 9.96. The van der Waals surface area contributed by atoms with Gasteiger partial charge in [-0.2, -0.15) is 0 Å². The Balaban J connectivity index is 1.44. The summed E-state index contributed by atoms with van der Waals surface area (Å²) in [6.45, 7) is 0.637. The molecule has 0 fully saturated rings. The fourth-order valence-corrected chi connectivity index (χ4v) is 4.48. The van der Waals surface area contributed by atoms with Crippen LogP contribution < -0.4 is 14.8 Å². The van der Waals surface area contributed by atoms with E-state index in [1.54, 1.807) is 29.5 Å². The minimum Gasteiger partial charge on any atom is -0.454 e. The Morgan fingerprint density at radius 2 is 2.04 bits per heavy atom. The molecular weight excluding hydrogens is 372 g/mol. The van der Waals surface area contributed by atoms with Crippen molar-refractivity contribution in [2.45, 2.75) is 5.92 Å². The zero-order valence-corrected chi connectivity index (χ0v) is 15.8. The summed E-state index contributed by atoms with van der Waals surface area (Å²) in [4.78, 5) is 17.4. The summed E-state index contributed by atoms with van der Waals surface area (Å²) < 4.78 is 10.8. The maximum absolute atomic E-state index is 12.9. The molecular formula is C22H18N2O3S. The lowest BCUT2D eigenvalue weighted by molar-refractivity contribution is 0.0948. The number of ether oxygens (including phenoxy) is 2. The summed E-state index contributed by atoms with van der Waals surface area (Å²) in [5.74, 6) is 1.02. The number of hydrogen-bond acceptors (Lipinski definition) is 4. The van der Waals surface area contributed by atoms with Gasteiger partial charge in [0.05, 0.1) is 5.56 Å². The molecule has 5 rings (SSSR count). The van der Waals surface area contributed by atoms with Crippen molar-refractivity contribution in [3.05, 3.63) is 82.2 Å². The van der Waals surface area contributed by atoms with E-state index in [4.69, 9.17) is 9.47 Å². The molecule has 4 aromatic rings. The average molecular weight is 390 g/mol. The Hall–Kier alpha value is -3.25. The monoisotopic (exact) mass is 390 g/mol. The number of H-pyrrole nitrogens is 1. The zero-order chi connectivity index (χ0) is 18.9. The van der Waals surface area contributed by atoms with Crippen LogP contribution in [0.2, 0.25) is 0 Å². The molecule has 0 aliphatic carbocycles. The number of hydrogen-bond donors (Lipinski definition) is 2. The number of aromatic nitrogens is 1. The lowest BCUT2D eigenvalue weighted by Crippen LogP contribution is -2.28. The first-order valence-corrected chi connectivity index (χ1v) is 9.95. The van der Waals surface area contributed by atoms with Crippen molar-refractivity contribution in [2.24, 2.45) is 0 Å². The third-order valence-electron chi connectivity index (χ3n) is 4.99. The highest BCUT2D eigenvalue weighted by molar-refractivity contribution is 7.10. The molecule has 1 aliphatic rings. The quantitative estimate of drug-likeness (QED) is 0.527. The van der Waals surface area contributed by atoms with Crippen molar-refractivity contribution in [1.29, 1.82) is 0 Å². The van der Waals surface area contributed by atoms with Gasteiger partial charge in [0, 0.05) is 34.4 Å². The van der Waals surface area contributed by atoms with E-state index in [0.29, 0.717) is 23.6 Å². The van der Waals surface area contributed by atoms with Gasteiger partial charge in [-0.15, -0.1) is 11.3 Å². The molecule has 0 saturated heterocycles. The number of fused-ring (bicyclic) bond motifs is 2. The van der Waals surface area contributed by atoms with Crippen LogP contribution in [0.1, 0.15) is 26.7 Å². The highest BCUT2D eigenvalue weighted by Gasteiger charge is 2.24. The Bertz CT molecular complexity index is 1130. The normalized spacial score (nSPS) is 13.6. The Morgan fingerprint density at radius 3 is 2.93 bits per heavy atom. The Kier molecular flexibility index (Phi) is 4.25. The molecule has 0 saturated carbocycles. The number of amides is 1. The molecule has 3 heterocycles. The predicted octanol–water partition coefficient (Wildman–Crippen LogP) is 4.52. The number of thiophene rings is 1. The van der Waals surface area contributed by atoms with E-state index >= 15 is 0 Å². The SMILES string of the molecule is O=C(NCC(c1cccs1)c1c[nH]c2ccccc12)c1cccc2c1OCO2. The first-order valence-electron chi connectivity index (χ1n) is 9.07. The van der Waals surface area contributed by atoms with E-state index in [2.05, 4.69) is 33.9 Å². The molecule has 140 valence electrons. The fraction of sp³-hybridized carbons (Fsp3) is 0.136. The van der Waals surface area contributed by atoms with Crippen LogP contribution in [-0.2, 0) is 0 Å². The second-order valence-corrected chi connectivity index (χ2v) is 7.59. The molecule has 5 nitrogen and oxygen atoms in total. The summed E-state index contributed by atoms with van der Waals surface area (Å²) in [6.07, 6.45) is 2.04. The van der Waals surface area contributed by atoms with Crippen molar-refractivity contribution in [3.8, 4) is 11.5 Å². The van der Waals surface area contributed by atoms with E-state index in [9.17, 15) is 4.79 Å². The highest BCUT2D eigenvalue weighted by Crippen LogP contribution is 2.36. The van der Waals surface area contributed by atoms with Crippen LogP contribution in [0.3, 0.4) is 0 Å². The molecule has 1 aliphatic heterocycles. The fourth-order valence-electron chi connectivity index (χ4n) is 3.63. The first-order chi connectivity index (χ1) is 13.8. The minimum absolute atomic E-state index is 0.0639. The standard InChI is InChI=1S/C22H18N2O3S/c25-22(15-6-3-8-19-21(15)27-13-26-19)24-12-17(20-9-4-10-28-20)16-11-23-18-7-2-1-5-14(16)18/h1-11,17,23H,12-13H2,(H,24,25). The number of para-hydroxylation sites is 2. The summed E-state index contributed by atoms with van der Waals surface area (Å²) in [7, 11) is 0. The summed E-state index contributed by atoms with van der Waals surface area (Å²) >= 11 is 1.70. The maximum Gasteiger partial charge on any atom is 0.255 e. The Morgan fingerprint density at radius 1 is 1.11 bits per heavy atom. The molecule has 28 heavy (non-hydrogen) atoms. The van der Waals surface area contributed by atoms with Crippen molar-refractivity contribution >= 4 is 28.1 Å². The van der Waals surface area contributed by atoms with Crippen LogP contribution in [0.5, 0.6) is 11.5 Å². The first kappa shape index (κ1) is 16.9. The van der Waals surface area contributed by atoms with Gasteiger partial charge < -0.3 is 19.8 Å². The number of carbonyl (C=O) groups is 1. The topological polar surface area (TPSA) is 63.4 Å². The Labute approximate surface area is 165 Å². The molecule has 2 aromatic heterocycles. The third-order valence-corrected chi connectivity index (χ3v) is 5.98. The van der Waals surface area contributed by atoms with E-state index in [-0.39, 0.29) is 18.6 Å². The van der Waals surface area contributed by atoms with E-state index in [0.717, 1.165) is 5.52 Å². The van der Waals surface area contributed by atoms with Crippen LogP contribution >= 0.6 is 11.3 Å². The number of aromatic amines is 1. The average Bonchev–Trinajstić information content (AvgIpc) is 3.48. The molecule has 1 unspecified atom stereocenters. The molecule has 2 N–H and O–H groups in total. The largest absolute Gasteiger partial charge is 0.454 e. The molecule has 0 bridgehead atoms. The van der Waals surface area contributed by atoms with Gasteiger partial charge in [-0.25, -0.2) is 0 Å². The van der Waals surface area contributed by atoms with E-state index in [1.807, 2.05) is 24.4 Å². The highest BCUT2D eigenvalue weighted by atomic mass is 32.1. The molecule has 6 heteroatoms. The van der Waals surface area contributed by atoms with Crippen LogP contribution in [-0.4, -0.2) is 24.2 Å². The van der Waals surface area contributed by atoms with Gasteiger partial charge in [-0.05, 0) is 35.2 Å². The van der Waals surface area contributed by atoms with Gasteiger partial charge in [-0.3, -0.25) is 4.79 Å². The molecule has 2 aromatic carbocycles. The lowest BCUT2D eigenvalue weighted by Gasteiger charge is -2.17. The molecule has 0 radical (unpaired) electrons. The van der Waals surface area contributed by atoms with Crippen molar-refractivity contribution < 1.29 is 14.3 Å². The number of carbonyl (C=O) groups excluding carboxylic acids is 1. The van der Waals surface area contributed by atoms with Crippen LogP contribution in [0, 0.1) is 0 Å². The van der Waals surface area contributed by atoms with E-state index in [1.165, 1.54) is 15.8 Å². The van der Waals surface area contributed by atoms with Gasteiger partial charge in [0.25, 0.3) is 5.91 Å². The van der Waals surface area contributed by atoms with E-state index < -0.39 is 0 Å². The van der Waals surface area contributed by atoms with Gasteiger partial charge in [0.2, 0.25) is 6.79 Å². The van der Waals surface area contributed by atoms with Crippen LogP contribution in [0.4, 0.5) is 0 Å². The number of nitrogens with one attached hydrogen (secondary N) is 2. The predicted molar refractivity (Wildman–Crippen MR) is 109 cm³/mol. The smallest absolute Gasteiger partial charge is 0.255 e. The van der Waals surface area contributed by atoms with Crippen molar-refractivity contribution in [3.63, 3.8) is 0 Å². The number of rotatable bonds is 5.